The molecule has 0 bridgehead atoms. The highest BCUT2D eigenvalue weighted by atomic mass is 16.3. The topological polar surface area (TPSA) is 98.5 Å². The van der Waals surface area contributed by atoms with Crippen molar-refractivity contribution in [3.63, 3.8) is 0 Å². The molecule has 0 atom stereocenters. The van der Waals surface area contributed by atoms with Gasteiger partial charge in [0.05, 0.1) is 17.5 Å². The van der Waals surface area contributed by atoms with E-state index in [4.69, 9.17) is 0 Å². The highest BCUT2D eigenvalue weighted by Gasteiger charge is 2.23. The van der Waals surface area contributed by atoms with Crippen molar-refractivity contribution in [2.45, 2.75) is 25.9 Å². The van der Waals surface area contributed by atoms with Crippen LogP contribution >= 0.6 is 0 Å². The largest absolute Gasteiger partial charge is 0.393 e. The first kappa shape index (κ1) is 23.3. The third-order valence-electron chi connectivity index (χ3n) is 7.35. The maximum absolute atomic E-state index is 13.5. The molecule has 2 aromatic heterocycles. The summed E-state index contributed by atoms with van der Waals surface area (Å²) < 4.78 is 1.60. The van der Waals surface area contributed by atoms with E-state index in [1.165, 1.54) is 0 Å². The quantitative estimate of drug-likeness (QED) is 0.391. The summed E-state index contributed by atoms with van der Waals surface area (Å²) in [7, 11) is 1.76. The van der Waals surface area contributed by atoms with Crippen molar-refractivity contribution in [2.24, 2.45) is 7.05 Å². The molecule has 0 amide bonds. The normalized spacial score (nSPS) is 16.0. The Morgan fingerprint density at radius 1 is 1.05 bits per heavy atom. The Kier molecular flexibility index (Phi) is 5.92. The van der Waals surface area contributed by atoms with E-state index < -0.39 is 0 Å². The van der Waals surface area contributed by atoms with Gasteiger partial charge >= 0.3 is 0 Å². The van der Waals surface area contributed by atoms with E-state index >= 15 is 0 Å². The molecule has 2 aliphatic heterocycles. The Bertz CT molecular complexity index is 1510. The highest BCUT2D eigenvalue weighted by molar-refractivity contribution is 5.85. The Labute approximate surface area is 215 Å². The summed E-state index contributed by atoms with van der Waals surface area (Å²) in [5, 5.41) is 17.3. The number of aryl methyl sites for hydroxylation is 2. The molecule has 0 radical (unpaired) electrons. The third-order valence-corrected chi connectivity index (χ3v) is 7.35. The van der Waals surface area contributed by atoms with E-state index in [2.05, 4.69) is 55.5 Å². The Morgan fingerprint density at radius 2 is 1.84 bits per heavy atom. The molecule has 1 saturated heterocycles. The molecule has 1 fully saturated rings. The van der Waals surface area contributed by atoms with E-state index in [-0.39, 0.29) is 11.7 Å². The molecule has 2 aromatic carbocycles. The lowest BCUT2D eigenvalue weighted by Gasteiger charge is -2.32. The predicted octanol–water partition coefficient (Wildman–Crippen LogP) is 3.91. The fourth-order valence-electron chi connectivity index (χ4n) is 5.26. The molecule has 6 rings (SSSR count). The number of fused-ring (bicyclic) bond motifs is 2. The van der Waals surface area contributed by atoms with E-state index in [0.717, 1.165) is 66.2 Å². The van der Waals surface area contributed by atoms with Crippen LogP contribution in [0.25, 0.3) is 11.0 Å². The number of hydrogen-bond donors (Lipinski definition) is 3. The number of para-hydroxylation sites is 1. The third kappa shape index (κ3) is 4.35. The van der Waals surface area contributed by atoms with Crippen LogP contribution in [0.1, 0.15) is 18.4 Å². The van der Waals surface area contributed by atoms with Crippen molar-refractivity contribution >= 4 is 45.4 Å². The summed E-state index contributed by atoms with van der Waals surface area (Å²) in [4.78, 5) is 27.0. The zero-order valence-corrected chi connectivity index (χ0v) is 21.1. The van der Waals surface area contributed by atoms with Gasteiger partial charge in [-0.25, -0.2) is 4.98 Å². The lowest BCUT2D eigenvalue weighted by molar-refractivity contribution is 0.145. The number of pyridine rings is 1. The molecule has 0 aliphatic carbocycles. The van der Waals surface area contributed by atoms with Gasteiger partial charge in [0, 0.05) is 56.2 Å². The van der Waals surface area contributed by atoms with Crippen LogP contribution in [0.2, 0.25) is 0 Å². The lowest BCUT2D eigenvalue weighted by Crippen LogP contribution is -2.35. The zero-order valence-electron chi connectivity index (χ0n) is 21.1. The molecule has 9 nitrogen and oxygen atoms in total. The SMILES string of the molecule is Cc1cccc2c1NCCN2c1cc2cnc(Nc3ccc(N4CCC(O)CC4)cc3)nc2n(C)c1=O. The van der Waals surface area contributed by atoms with Crippen LogP contribution in [0.3, 0.4) is 0 Å². The summed E-state index contributed by atoms with van der Waals surface area (Å²) >= 11 is 0. The van der Waals surface area contributed by atoms with Crippen LogP contribution in [0.5, 0.6) is 0 Å². The average Bonchev–Trinajstić information content (AvgIpc) is 2.92. The number of hydrogen-bond acceptors (Lipinski definition) is 8. The van der Waals surface area contributed by atoms with Gasteiger partial charge in [0.25, 0.3) is 5.56 Å². The number of nitrogens with one attached hydrogen (secondary N) is 2. The number of anilines is 6. The number of aromatic nitrogens is 3. The smallest absolute Gasteiger partial charge is 0.275 e. The van der Waals surface area contributed by atoms with Gasteiger partial charge in [0.2, 0.25) is 5.95 Å². The average molecular weight is 498 g/mol. The highest BCUT2D eigenvalue weighted by Crippen LogP contribution is 2.36. The van der Waals surface area contributed by atoms with Crippen molar-refractivity contribution < 1.29 is 5.11 Å². The van der Waals surface area contributed by atoms with Gasteiger partial charge in [-0.3, -0.25) is 9.36 Å². The predicted molar refractivity (Wildman–Crippen MR) is 149 cm³/mol. The van der Waals surface area contributed by atoms with Crippen LogP contribution < -0.4 is 26.0 Å². The molecule has 0 unspecified atom stereocenters. The van der Waals surface area contributed by atoms with Crippen LogP contribution in [0.15, 0.2) is 59.5 Å². The number of benzene rings is 2. The molecule has 2 aliphatic rings. The molecule has 0 saturated carbocycles. The number of aliphatic hydroxyl groups excluding tert-OH is 1. The zero-order chi connectivity index (χ0) is 25.5. The van der Waals surface area contributed by atoms with Gasteiger partial charge in [0.15, 0.2) is 0 Å². The van der Waals surface area contributed by atoms with E-state index in [0.29, 0.717) is 23.8 Å². The molecule has 4 heterocycles. The first-order chi connectivity index (χ1) is 18.0. The van der Waals surface area contributed by atoms with Gasteiger partial charge in [-0.15, -0.1) is 0 Å². The van der Waals surface area contributed by atoms with Gasteiger partial charge in [-0.2, -0.15) is 4.98 Å². The maximum Gasteiger partial charge on any atom is 0.275 e. The van der Waals surface area contributed by atoms with Crippen molar-refractivity contribution in [1.29, 1.82) is 0 Å². The summed E-state index contributed by atoms with van der Waals surface area (Å²) in [6, 6.07) is 16.2. The van der Waals surface area contributed by atoms with Gasteiger partial charge in [-0.05, 0) is 61.7 Å². The molecule has 3 N–H and O–H groups in total. The second-order valence-corrected chi connectivity index (χ2v) is 9.80. The first-order valence-corrected chi connectivity index (χ1v) is 12.8. The second kappa shape index (κ2) is 9.40. The van der Waals surface area contributed by atoms with E-state index in [1.54, 1.807) is 17.8 Å². The number of aliphatic hydroxyl groups is 1. The number of piperidine rings is 1. The lowest BCUT2D eigenvalue weighted by atomic mass is 10.1. The molecule has 4 aromatic rings. The maximum atomic E-state index is 13.5. The van der Waals surface area contributed by atoms with Crippen molar-refractivity contribution in [2.75, 3.05) is 46.6 Å². The van der Waals surface area contributed by atoms with E-state index in [1.807, 2.05) is 30.3 Å². The fourth-order valence-corrected chi connectivity index (χ4v) is 5.26. The molecular weight excluding hydrogens is 466 g/mol. The minimum Gasteiger partial charge on any atom is -0.393 e. The van der Waals surface area contributed by atoms with Gasteiger partial charge in [0.1, 0.15) is 11.3 Å². The standard InChI is InChI=1S/C28H31N7O2/c1-18-4-3-5-23-25(18)29-12-15-35(23)24-16-19-17-30-28(32-26(19)33(2)27(24)37)31-20-6-8-21(9-7-20)34-13-10-22(36)11-14-34/h3-9,16-17,22,29,36H,10-15H2,1-2H3,(H,30,31,32). The van der Waals surface area contributed by atoms with Crippen molar-refractivity contribution in [1.82, 2.24) is 14.5 Å². The minimum atomic E-state index is -0.189. The minimum absolute atomic E-state index is 0.0949. The number of rotatable bonds is 4. The summed E-state index contributed by atoms with van der Waals surface area (Å²) in [5.41, 5.74) is 6.33. The van der Waals surface area contributed by atoms with Crippen molar-refractivity contribution in [3.05, 3.63) is 70.6 Å². The van der Waals surface area contributed by atoms with Crippen molar-refractivity contribution in [3.8, 4) is 0 Å². The summed E-state index contributed by atoms with van der Waals surface area (Å²) in [5.74, 6) is 0.437. The van der Waals surface area contributed by atoms with Crippen LogP contribution in [0, 0.1) is 6.92 Å². The Morgan fingerprint density at radius 3 is 2.62 bits per heavy atom. The Hall–Kier alpha value is -4.11. The molecule has 37 heavy (non-hydrogen) atoms. The Balaban J connectivity index is 1.27. The molecular formula is C28H31N7O2. The van der Waals surface area contributed by atoms with Gasteiger partial charge < -0.3 is 25.5 Å². The van der Waals surface area contributed by atoms with Crippen LogP contribution in [-0.2, 0) is 7.05 Å². The molecule has 9 heteroatoms. The van der Waals surface area contributed by atoms with E-state index in [9.17, 15) is 9.90 Å². The monoisotopic (exact) mass is 497 g/mol. The molecule has 190 valence electrons. The van der Waals surface area contributed by atoms with Gasteiger partial charge in [-0.1, -0.05) is 12.1 Å². The molecule has 0 spiro atoms. The second-order valence-electron chi connectivity index (χ2n) is 9.80. The number of nitrogens with zero attached hydrogens (tertiary/aromatic N) is 5. The first-order valence-electron chi connectivity index (χ1n) is 12.8. The summed E-state index contributed by atoms with van der Waals surface area (Å²) in [6.07, 6.45) is 3.17. The van der Waals surface area contributed by atoms with Crippen LogP contribution in [0.4, 0.5) is 34.4 Å². The fraction of sp³-hybridized carbons (Fsp3) is 0.321. The van der Waals surface area contributed by atoms with Crippen LogP contribution in [-0.4, -0.2) is 51.9 Å². The summed E-state index contributed by atoms with van der Waals surface area (Å²) in [6.45, 7) is 5.25.